The molecule has 0 saturated carbocycles. The lowest BCUT2D eigenvalue weighted by atomic mass is 9.93. The Morgan fingerprint density at radius 2 is 1.92 bits per heavy atom. The molecule has 0 aliphatic heterocycles. The zero-order valence-corrected chi connectivity index (χ0v) is 15.6. The zero-order valence-electron chi connectivity index (χ0n) is 14.0. The lowest BCUT2D eigenvalue weighted by molar-refractivity contribution is 0.395. The van der Waals surface area contributed by atoms with E-state index >= 15 is 0 Å². The number of aromatic nitrogens is 1. The van der Waals surface area contributed by atoms with E-state index in [4.69, 9.17) is 21.7 Å². The maximum absolute atomic E-state index is 5.40. The molecular formula is C17H21N3O2S2. The Morgan fingerprint density at radius 1 is 1.21 bits per heavy atom. The first-order valence-electron chi connectivity index (χ1n) is 7.87. The number of ether oxygens (including phenoxy) is 2. The van der Waals surface area contributed by atoms with E-state index in [1.165, 1.54) is 17.0 Å². The number of methoxy groups -OCH3 is 2. The molecule has 7 heteroatoms. The molecule has 0 fully saturated rings. The van der Waals surface area contributed by atoms with Crippen LogP contribution in [0.1, 0.15) is 23.9 Å². The molecular weight excluding hydrogens is 342 g/mol. The molecule has 2 aromatic rings. The number of nitrogens with zero attached hydrogens (tertiary/aromatic N) is 1. The lowest BCUT2D eigenvalue weighted by Crippen LogP contribution is -2.19. The minimum atomic E-state index is 0.504. The van der Waals surface area contributed by atoms with Gasteiger partial charge in [0.1, 0.15) is 11.5 Å². The average Bonchev–Trinajstić information content (AvgIpc) is 2.95. The second-order valence-corrected chi connectivity index (χ2v) is 7.41. The molecule has 24 heavy (non-hydrogen) atoms. The molecule has 1 atom stereocenters. The third kappa shape index (κ3) is 3.96. The Bertz CT molecular complexity index is 723. The Hall–Kier alpha value is -1.86. The van der Waals surface area contributed by atoms with Gasteiger partial charge in [-0.15, -0.1) is 11.3 Å². The van der Waals surface area contributed by atoms with Gasteiger partial charge in [0.2, 0.25) is 0 Å². The Kier molecular flexibility index (Phi) is 5.20. The molecule has 2 N–H and O–H groups in total. The molecule has 1 aliphatic carbocycles. The van der Waals surface area contributed by atoms with E-state index in [9.17, 15) is 0 Å². The van der Waals surface area contributed by atoms with E-state index in [1.807, 2.05) is 18.2 Å². The molecule has 0 radical (unpaired) electrons. The van der Waals surface area contributed by atoms with Crippen molar-refractivity contribution in [1.82, 2.24) is 4.98 Å². The lowest BCUT2D eigenvalue weighted by Gasteiger charge is -2.15. The van der Waals surface area contributed by atoms with Crippen molar-refractivity contribution in [3.63, 3.8) is 0 Å². The van der Waals surface area contributed by atoms with Crippen LogP contribution in [0.5, 0.6) is 11.5 Å². The molecule has 1 unspecified atom stereocenters. The minimum absolute atomic E-state index is 0.504. The van der Waals surface area contributed by atoms with Gasteiger partial charge in [0.25, 0.3) is 0 Å². The number of anilines is 2. The average molecular weight is 364 g/mol. The van der Waals surface area contributed by atoms with E-state index in [-0.39, 0.29) is 0 Å². The van der Waals surface area contributed by atoms with E-state index in [1.54, 1.807) is 25.6 Å². The van der Waals surface area contributed by atoms with Crippen molar-refractivity contribution in [3.8, 4) is 11.5 Å². The summed E-state index contributed by atoms with van der Waals surface area (Å²) in [5, 5.41) is 7.69. The third-order valence-corrected chi connectivity index (χ3v) is 5.26. The van der Waals surface area contributed by atoms with Crippen LogP contribution >= 0.6 is 23.6 Å². The molecule has 1 aromatic heterocycles. The molecule has 0 bridgehead atoms. The summed E-state index contributed by atoms with van der Waals surface area (Å²) in [5.41, 5.74) is 2.02. The van der Waals surface area contributed by atoms with E-state index in [0.29, 0.717) is 16.6 Å². The van der Waals surface area contributed by atoms with Crippen molar-refractivity contribution in [2.75, 3.05) is 24.9 Å². The Labute approximate surface area is 151 Å². The maximum Gasteiger partial charge on any atom is 0.189 e. The van der Waals surface area contributed by atoms with Gasteiger partial charge in [-0.1, -0.05) is 6.92 Å². The summed E-state index contributed by atoms with van der Waals surface area (Å²) in [5.74, 6) is 2.15. The first kappa shape index (κ1) is 17.0. The van der Waals surface area contributed by atoms with Gasteiger partial charge in [-0.3, -0.25) is 0 Å². The molecule has 1 aliphatic rings. The number of thiazole rings is 1. The highest BCUT2D eigenvalue weighted by Gasteiger charge is 2.20. The van der Waals surface area contributed by atoms with Crippen LogP contribution in [-0.4, -0.2) is 24.3 Å². The fourth-order valence-corrected chi connectivity index (χ4v) is 4.19. The summed E-state index contributed by atoms with van der Waals surface area (Å²) in [6.45, 7) is 2.29. The number of benzene rings is 1. The monoisotopic (exact) mass is 363 g/mol. The first-order chi connectivity index (χ1) is 11.6. The largest absolute Gasteiger partial charge is 0.497 e. The van der Waals surface area contributed by atoms with Gasteiger partial charge in [0.05, 0.1) is 19.9 Å². The number of aryl methyl sites for hydroxylation is 1. The van der Waals surface area contributed by atoms with Crippen LogP contribution in [0, 0.1) is 5.92 Å². The van der Waals surface area contributed by atoms with Gasteiger partial charge >= 0.3 is 0 Å². The predicted octanol–water partition coefficient (Wildman–Crippen LogP) is 4.09. The summed E-state index contributed by atoms with van der Waals surface area (Å²) >= 11 is 7.10. The van der Waals surface area contributed by atoms with E-state index in [0.717, 1.165) is 29.6 Å². The molecule has 5 nitrogen and oxygen atoms in total. The summed E-state index contributed by atoms with van der Waals surface area (Å²) < 4.78 is 10.5. The molecule has 0 saturated heterocycles. The van der Waals surface area contributed by atoms with Crippen LogP contribution in [0.3, 0.4) is 0 Å². The highest BCUT2D eigenvalue weighted by Crippen LogP contribution is 2.32. The second kappa shape index (κ2) is 7.36. The predicted molar refractivity (Wildman–Crippen MR) is 103 cm³/mol. The topological polar surface area (TPSA) is 55.4 Å². The van der Waals surface area contributed by atoms with Crippen molar-refractivity contribution >= 4 is 39.5 Å². The SMILES string of the molecule is COc1cc(NC(=S)Nc2nc3c(s2)CC(C)CC3)cc(OC)c1. The fraction of sp³-hybridized carbons (Fsp3) is 0.412. The minimum Gasteiger partial charge on any atom is -0.497 e. The van der Waals surface area contributed by atoms with Crippen molar-refractivity contribution in [2.24, 2.45) is 5.92 Å². The van der Waals surface area contributed by atoms with Gasteiger partial charge < -0.3 is 20.1 Å². The highest BCUT2D eigenvalue weighted by atomic mass is 32.1. The summed E-state index contributed by atoms with van der Waals surface area (Å²) in [7, 11) is 3.24. The van der Waals surface area contributed by atoms with Gasteiger partial charge in [0, 0.05) is 28.8 Å². The van der Waals surface area contributed by atoms with Gasteiger partial charge in [-0.05, 0) is 37.4 Å². The van der Waals surface area contributed by atoms with Crippen molar-refractivity contribution in [1.29, 1.82) is 0 Å². The molecule has 0 amide bonds. The van der Waals surface area contributed by atoms with Crippen molar-refractivity contribution in [2.45, 2.75) is 26.2 Å². The summed E-state index contributed by atoms with van der Waals surface area (Å²) in [6, 6.07) is 5.55. The number of fused-ring (bicyclic) bond motifs is 1. The molecule has 128 valence electrons. The van der Waals surface area contributed by atoms with Crippen LogP contribution in [0.15, 0.2) is 18.2 Å². The van der Waals surface area contributed by atoms with Crippen LogP contribution in [0.2, 0.25) is 0 Å². The highest BCUT2D eigenvalue weighted by molar-refractivity contribution is 7.80. The second-order valence-electron chi connectivity index (χ2n) is 5.92. The zero-order chi connectivity index (χ0) is 17.1. The Balaban J connectivity index is 1.68. The number of rotatable bonds is 4. The molecule has 1 heterocycles. The number of hydrogen-bond donors (Lipinski definition) is 2. The first-order valence-corrected chi connectivity index (χ1v) is 9.09. The smallest absolute Gasteiger partial charge is 0.189 e. The van der Waals surface area contributed by atoms with Crippen LogP contribution in [0.25, 0.3) is 0 Å². The van der Waals surface area contributed by atoms with E-state index in [2.05, 4.69) is 22.5 Å². The van der Waals surface area contributed by atoms with Gasteiger partial charge in [0.15, 0.2) is 10.2 Å². The van der Waals surface area contributed by atoms with Crippen molar-refractivity contribution < 1.29 is 9.47 Å². The van der Waals surface area contributed by atoms with Gasteiger partial charge in [-0.2, -0.15) is 0 Å². The molecule has 0 spiro atoms. The molecule has 1 aromatic carbocycles. The van der Waals surface area contributed by atoms with Crippen LogP contribution in [-0.2, 0) is 12.8 Å². The molecule has 3 rings (SSSR count). The maximum atomic E-state index is 5.40. The summed E-state index contributed by atoms with van der Waals surface area (Å²) in [4.78, 5) is 6.04. The number of nitrogens with one attached hydrogen (secondary N) is 2. The standard InChI is InChI=1S/C17H21N3O2S2/c1-10-4-5-14-15(6-10)24-17(19-14)20-16(23)18-11-7-12(21-2)9-13(8-11)22-3/h7-10H,4-6H2,1-3H3,(H2,18,19,20,23). The van der Waals surface area contributed by atoms with Crippen LogP contribution < -0.4 is 20.1 Å². The number of hydrogen-bond acceptors (Lipinski definition) is 5. The van der Waals surface area contributed by atoms with Crippen molar-refractivity contribution in [3.05, 3.63) is 28.8 Å². The fourth-order valence-electron chi connectivity index (χ4n) is 2.73. The number of thiocarbonyl (C=S) groups is 1. The van der Waals surface area contributed by atoms with Gasteiger partial charge in [-0.25, -0.2) is 4.98 Å². The van der Waals surface area contributed by atoms with E-state index < -0.39 is 0 Å². The normalized spacial score (nSPS) is 16.2. The quantitative estimate of drug-likeness (QED) is 0.798. The Morgan fingerprint density at radius 3 is 2.58 bits per heavy atom. The summed E-state index contributed by atoms with van der Waals surface area (Å²) in [6.07, 6.45) is 3.38. The van der Waals surface area contributed by atoms with Crippen LogP contribution in [0.4, 0.5) is 10.8 Å². The third-order valence-electron chi connectivity index (χ3n) is 4.02.